The van der Waals surface area contributed by atoms with Gasteiger partial charge in [-0.3, -0.25) is 4.79 Å². The number of aryl methyl sites for hydroxylation is 2. The number of carbonyl (C=O) groups is 1. The molecule has 1 amide bonds. The number of amides is 1. The van der Waals surface area contributed by atoms with Crippen LogP contribution in [-0.2, 0) is 6.42 Å². The van der Waals surface area contributed by atoms with E-state index in [2.05, 4.69) is 5.32 Å². The van der Waals surface area contributed by atoms with Crippen LogP contribution < -0.4 is 5.32 Å². The van der Waals surface area contributed by atoms with E-state index in [0.29, 0.717) is 16.3 Å². The first-order valence-corrected chi connectivity index (χ1v) is 7.78. The first-order chi connectivity index (χ1) is 10.5. The molecule has 4 heteroatoms. The summed E-state index contributed by atoms with van der Waals surface area (Å²) in [7, 11) is 0. The molecule has 0 spiro atoms. The molecule has 0 heterocycles. The van der Waals surface area contributed by atoms with Crippen molar-refractivity contribution >= 4 is 23.2 Å². The molecular weight excluding hydrogens is 298 g/mol. The first kappa shape index (κ1) is 18.1. The Morgan fingerprint density at radius 1 is 1.18 bits per heavy atom. The van der Waals surface area contributed by atoms with Gasteiger partial charge in [0, 0.05) is 10.7 Å². The van der Waals surface area contributed by atoms with Crippen LogP contribution in [0.25, 0.3) is 0 Å². The van der Waals surface area contributed by atoms with Crippen LogP contribution in [0.1, 0.15) is 42.3 Å². The lowest BCUT2D eigenvalue weighted by molar-refractivity contribution is 0.102. The number of benzene rings is 2. The zero-order valence-electron chi connectivity index (χ0n) is 13.4. The van der Waals surface area contributed by atoms with E-state index < -0.39 is 0 Å². The maximum Gasteiger partial charge on any atom is 0.259 e. The van der Waals surface area contributed by atoms with Gasteiger partial charge in [-0.15, -0.1) is 0 Å². The molecule has 3 nitrogen and oxygen atoms in total. The van der Waals surface area contributed by atoms with Crippen molar-refractivity contribution in [2.24, 2.45) is 0 Å². The summed E-state index contributed by atoms with van der Waals surface area (Å²) in [6.45, 7) is 7.79. The van der Waals surface area contributed by atoms with Gasteiger partial charge in [0.05, 0.1) is 5.56 Å². The van der Waals surface area contributed by atoms with Crippen LogP contribution in [0.4, 0.5) is 5.69 Å². The molecule has 0 unspecified atom stereocenters. The minimum absolute atomic E-state index is 0.0219. The summed E-state index contributed by atoms with van der Waals surface area (Å²) in [5, 5.41) is 13.4. The molecule has 0 aliphatic carbocycles. The van der Waals surface area contributed by atoms with Crippen molar-refractivity contribution in [1.29, 1.82) is 0 Å². The summed E-state index contributed by atoms with van der Waals surface area (Å²) in [5.74, 6) is -0.308. The second-order valence-corrected chi connectivity index (χ2v) is 5.06. The maximum absolute atomic E-state index is 12.2. The van der Waals surface area contributed by atoms with Gasteiger partial charge in [0.1, 0.15) is 5.75 Å². The summed E-state index contributed by atoms with van der Waals surface area (Å²) in [5.41, 5.74) is 2.64. The van der Waals surface area contributed by atoms with Crippen LogP contribution in [-0.4, -0.2) is 11.0 Å². The second-order valence-electron chi connectivity index (χ2n) is 4.62. The highest BCUT2D eigenvalue weighted by molar-refractivity contribution is 6.30. The predicted molar refractivity (Wildman–Crippen MR) is 93.0 cm³/mol. The van der Waals surface area contributed by atoms with Crippen LogP contribution in [0.15, 0.2) is 36.4 Å². The van der Waals surface area contributed by atoms with Crippen molar-refractivity contribution in [3.63, 3.8) is 0 Å². The molecule has 0 aliphatic heterocycles. The number of rotatable bonds is 3. The van der Waals surface area contributed by atoms with Crippen molar-refractivity contribution in [3.8, 4) is 5.75 Å². The molecule has 2 aromatic rings. The SMILES string of the molecule is CC.CCc1cc(C)c(O)c(C(=O)Nc2ccc(Cl)cc2)c1. The third kappa shape index (κ3) is 4.50. The summed E-state index contributed by atoms with van der Waals surface area (Å²) in [6.07, 6.45) is 0.808. The summed E-state index contributed by atoms with van der Waals surface area (Å²) >= 11 is 5.80. The van der Waals surface area contributed by atoms with Crippen molar-refractivity contribution in [3.05, 3.63) is 58.1 Å². The lowest BCUT2D eigenvalue weighted by Crippen LogP contribution is -2.13. The van der Waals surface area contributed by atoms with Crippen molar-refractivity contribution in [1.82, 2.24) is 0 Å². The third-order valence-electron chi connectivity index (χ3n) is 3.12. The number of carbonyl (C=O) groups excluding carboxylic acids is 1. The monoisotopic (exact) mass is 319 g/mol. The Morgan fingerprint density at radius 3 is 2.32 bits per heavy atom. The van der Waals surface area contributed by atoms with Crippen LogP contribution >= 0.6 is 11.6 Å². The number of aromatic hydroxyl groups is 1. The predicted octanol–water partition coefficient (Wildman–Crippen LogP) is 5.19. The van der Waals surface area contributed by atoms with Crippen LogP contribution in [0.2, 0.25) is 5.02 Å². The molecule has 118 valence electrons. The Kier molecular flexibility index (Phi) is 6.93. The van der Waals surface area contributed by atoms with E-state index in [9.17, 15) is 9.90 Å². The fourth-order valence-electron chi connectivity index (χ4n) is 1.96. The smallest absolute Gasteiger partial charge is 0.259 e. The van der Waals surface area contributed by atoms with Gasteiger partial charge in [-0.25, -0.2) is 0 Å². The zero-order chi connectivity index (χ0) is 16.7. The molecule has 2 rings (SSSR count). The fraction of sp³-hybridized carbons (Fsp3) is 0.278. The Balaban J connectivity index is 0.00000116. The van der Waals surface area contributed by atoms with E-state index in [-0.39, 0.29) is 17.2 Å². The Hall–Kier alpha value is -2.00. The Morgan fingerprint density at radius 2 is 1.77 bits per heavy atom. The van der Waals surface area contributed by atoms with Gasteiger partial charge in [0.2, 0.25) is 0 Å². The van der Waals surface area contributed by atoms with Crippen molar-refractivity contribution < 1.29 is 9.90 Å². The molecule has 2 aromatic carbocycles. The van der Waals surface area contributed by atoms with Crippen LogP contribution in [0.5, 0.6) is 5.75 Å². The zero-order valence-corrected chi connectivity index (χ0v) is 14.2. The molecule has 0 radical (unpaired) electrons. The lowest BCUT2D eigenvalue weighted by Gasteiger charge is -2.10. The average Bonchev–Trinajstić information content (AvgIpc) is 2.54. The number of hydrogen-bond acceptors (Lipinski definition) is 2. The topological polar surface area (TPSA) is 49.3 Å². The molecule has 22 heavy (non-hydrogen) atoms. The highest BCUT2D eigenvalue weighted by Crippen LogP contribution is 2.25. The highest BCUT2D eigenvalue weighted by atomic mass is 35.5. The lowest BCUT2D eigenvalue weighted by atomic mass is 10.0. The Bertz CT molecular complexity index is 636. The van der Waals surface area contributed by atoms with Gasteiger partial charge in [0.15, 0.2) is 0 Å². The van der Waals surface area contributed by atoms with E-state index in [4.69, 9.17) is 11.6 Å². The van der Waals surface area contributed by atoms with E-state index in [1.54, 1.807) is 37.3 Å². The average molecular weight is 320 g/mol. The highest BCUT2D eigenvalue weighted by Gasteiger charge is 2.14. The van der Waals surface area contributed by atoms with Gasteiger partial charge >= 0.3 is 0 Å². The summed E-state index contributed by atoms with van der Waals surface area (Å²) in [6, 6.07) is 10.4. The molecule has 0 saturated heterocycles. The molecule has 2 N–H and O–H groups in total. The van der Waals surface area contributed by atoms with Crippen LogP contribution in [0, 0.1) is 6.92 Å². The third-order valence-corrected chi connectivity index (χ3v) is 3.37. The second kappa shape index (κ2) is 8.44. The van der Waals surface area contributed by atoms with Crippen molar-refractivity contribution in [2.75, 3.05) is 5.32 Å². The number of phenolic OH excluding ortho intramolecular Hbond substituents is 1. The number of halogens is 1. The van der Waals surface area contributed by atoms with E-state index in [0.717, 1.165) is 12.0 Å². The minimum atomic E-state index is -0.330. The van der Waals surface area contributed by atoms with Crippen LogP contribution in [0.3, 0.4) is 0 Å². The maximum atomic E-state index is 12.2. The number of hydrogen-bond donors (Lipinski definition) is 2. The van der Waals surface area contributed by atoms with E-state index >= 15 is 0 Å². The molecule has 0 atom stereocenters. The molecule has 0 saturated carbocycles. The fourth-order valence-corrected chi connectivity index (χ4v) is 2.09. The number of anilines is 1. The number of phenols is 1. The summed E-state index contributed by atoms with van der Waals surface area (Å²) in [4.78, 5) is 12.2. The summed E-state index contributed by atoms with van der Waals surface area (Å²) < 4.78 is 0. The van der Waals surface area contributed by atoms with E-state index in [1.165, 1.54) is 0 Å². The Labute approximate surface area is 136 Å². The quantitative estimate of drug-likeness (QED) is 0.817. The molecule has 0 aromatic heterocycles. The largest absolute Gasteiger partial charge is 0.507 e. The van der Waals surface area contributed by atoms with Gasteiger partial charge in [-0.05, 0) is 54.8 Å². The minimum Gasteiger partial charge on any atom is -0.507 e. The molecule has 0 fully saturated rings. The van der Waals surface area contributed by atoms with Gasteiger partial charge in [-0.2, -0.15) is 0 Å². The molecule has 0 bridgehead atoms. The molecular formula is C18H22ClNO2. The van der Waals surface area contributed by atoms with E-state index in [1.807, 2.05) is 26.8 Å². The molecule has 0 aliphatic rings. The number of nitrogens with one attached hydrogen (secondary N) is 1. The van der Waals surface area contributed by atoms with Crippen molar-refractivity contribution in [2.45, 2.75) is 34.1 Å². The van der Waals surface area contributed by atoms with Gasteiger partial charge in [0.25, 0.3) is 5.91 Å². The van der Waals surface area contributed by atoms with Gasteiger partial charge < -0.3 is 10.4 Å². The standard InChI is InChI=1S/C16H16ClNO2.C2H6/c1-3-11-8-10(2)15(19)14(9-11)16(20)18-13-6-4-12(17)5-7-13;1-2/h4-9,19H,3H2,1-2H3,(H,18,20);1-2H3. The van der Waals surface area contributed by atoms with Gasteiger partial charge in [-0.1, -0.05) is 38.4 Å². The normalized spacial score (nSPS) is 9.68. The first-order valence-electron chi connectivity index (χ1n) is 7.40.